The second-order valence-electron chi connectivity index (χ2n) is 5.82. The molecule has 1 aliphatic carbocycles. The second kappa shape index (κ2) is 6.49. The van der Waals surface area contributed by atoms with Gasteiger partial charge in [-0.2, -0.15) is 0 Å². The first-order valence-corrected chi connectivity index (χ1v) is 8.26. The van der Waals surface area contributed by atoms with E-state index in [1.165, 1.54) is 0 Å². The van der Waals surface area contributed by atoms with Gasteiger partial charge in [-0.15, -0.1) is 0 Å². The molecule has 0 bridgehead atoms. The van der Waals surface area contributed by atoms with Crippen LogP contribution in [0.2, 0.25) is 0 Å². The van der Waals surface area contributed by atoms with Crippen LogP contribution in [-0.4, -0.2) is 18.3 Å². The molecule has 4 heteroatoms. The zero-order chi connectivity index (χ0) is 16.4. The zero-order valence-corrected chi connectivity index (χ0v) is 14.0. The number of nitrogens with zero attached hydrogens (tertiary/aromatic N) is 1. The molecule has 1 heterocycles. The van der Waals surface area contributed by atoms with E-state index in [4.69, 9.17) is 9.47 Å². The van der Waals surface area contributed by atoms with Crippen LogP contribution in [0.15, 0.2) is 29.1 Å². The lowest BCUT2D eigenvalue weighted by Gasteiger charge is -2.16. The van der Waals surface area contributed by atoms with Crippen LogP contribution < -0.4 is 14.9 Å². The van der Waals surface area contributed by atoms with Crippen molar-refractivity contribution in [2.45, 2.75) is 39.0 Å². The lowest BCUT2D eigenvalue weighted by Crippen LogP contribution is -2.11. The summed E-state index contributed by atoms with van der Waals surface area (Å²) < 4.78 is 13.2. The maximum atomic E-state index is 12.6. The quantitative estimate of drug-likeness (QED) is 0.803. The molecule has 1 aromatic carbocycles. The summed E-state index contributed by atoms with van der Waals surface area (Å²) in [5, 5.41) is 0.662. The van der Waals surface area contributed by atoms with Crippen molar-refractivity contribution in [3.8, 4) is 11.5 Å². The van der Waals surface area contributed by atoms with E-state index in [0.29, 0.717) is 29.4 Å². The first-order valence-electron chi connectivity index (χ1n) is 8.26. The predicted octanol–water partition coefficient (Wildman–Crippen LogP) is 4.17. The van der Waals surface area contributed by atoms with Crippen molar-refractivity contribution in [1.29, 1.82) is 0 Å². The molecule has 1 saturated carbocycles. The van der Waals surface area contributed by atoms with E-state index in [-0.39, 0.29) is 5.43 Å². The Hall–Kier alpha value is -2.23. The van der Waals surface area contributed by atoms with Crippen LogP contribution >= 0.6 is 0 Å². The number of pyridine rings is 1. The number of aromatic nitrogens is 1. The molecule has 0 amide bonds. The molecule has 0 aliphatic heterocycles. The summed E-state index contributed by atoms with van der Waals surface area (Å²) in [5.74, 6) is 1.77. The molecular formula is C19H23NO3. The number of fused-ring (bicyclic) bond motifs is 1. The summed E-state index contributed by atoms with van der Waals surface area (Å²) in [6.07, 6.45) is 7.43. The van der Waals surface area contributed by atoms with Gasteiger partial charge in [-0.25, -0.2) is 0 Å². The van der Waals surface area contributed by atoms with Gasteiger partial charge in [-0.05, 0) is 38.2 Å². The molecule has 1 aliphatic rings. The average molecular weight is 313 g/mol. The Morgan fingerprint density at radius 3 is 2.61 bits per heavy atom. The SMILES string of the molecule is CCC=Cn1c(C2CC2)cc(=O)c2cc(OC)c(OCC)cc21. The Kier molecular flexibility index (Phi) is 4.42. The van der Waals surface area contributed by atoms with Gasteiger partial charge in [0.1, 0.15) is 0 Å². The van der Waals surface area contributed by atoms with Crippen molar-refractivity contribution in [3.05, 3.63) is 40.2 Å². The van der Waals surface area contributed by atoms with Crippen LogP contribution in [0.3, 0.4) is 0 Å². The smallest absolute Gasteiger partial charge is 0.189 e. The monoisotopic (exact) mass is 313 g/mol. The van der Waals surface area contributed by atoms with E-state index >= 15 is 0 Å². The molecule has 0 saturated heterocycles. The van der Waals surface area contributed by atoms with Crippen molar-refractivity contribution in [1.82, 2.24) is 4.57 Å². The van der Waals surface area contributed by atoms with Gasteiger partial charge in [-0.1, -0.05) is 13.0 Å². The van der Waals surface area contributed by atoms with Crippen molar-refractivity contribution >= 4 is 17.1 Å². The van der Waals surface area contributed by atoms with Crippen molar-refractivity contribution < 1.29 is 9.47 Å². The largest absolute Gasteiger partial charge is 0.493 e. The molecular weight excluding hydrogens is 290 g/mol. The lowest BCUT2D eigenvalue weighted by atomic mass is 10.1. The van der Waals surface area contributed by atoms with Gasteiger partial charge in [0.2, 0.25) is 0 Å². The van der Waals surface area contributed by atoms with E-state index in [0.717, 1.165) is 30.5 Å². The standard InChI is InChI=1S/C19H23NO3/c1-4-6-9-20-15(13-7-8-13)11-17(21)14-10-18(22-3)19(23-5-2)12-16(14)20/h6,9-13H,4-5,7-8H2,1-3H3. The first-order chi connectivity index (χ1) is 11.2. The highest BCUT2D eigenvalue weighted by molar-refractivity contribution is 5.85. The number of ether oxygens (including phenoxy) is 2. The topological polar surface area (TPSA) is 40.5 Å². The van der Waals surface area contributed by atoms with Gasteiger partial charge in [0, 0.05) is 29.4 Å². The van der Waals surface area contributed by atoms with Crippen molar-refractivity contribution in [2.24, 2.45) is 0 Å². The minimum absolute atomic E-state index is 0.0457. The highest BCUT2D eigenvalue weighted by atomic mass is 16.5. The minimum Gasteiger partial charge on any atom is -0.493 e. The normalized spacial score (nSPS) is 14.6. The van der Waals surface area contributed by atoms with Crippen LogP contribution in [0.1, 0.15) is 44.7 Å². The van der Waals surface area contributed by atoms with Gasteiger partial charge in [0.15, 0.2) is 16.9 Å². The predicted molar refractivity (Wildman–Crippen MR) is 93.5 cm³/mol. The zero-order valence-electron chi connectivity index (χ0n) is 14.0. The van der Waals surface area contributed by atoms with Crippen LogP contribution in [0.4, 0.5) is 0 Å². The van der Waals surface area contributed by atoms with Crippen LogP contribution in [0.5, 0.6) is 11.5 Å². The Morgan fingerprint density at radius 2 is 2.00 bits per heavy atom. The van der Waals surface area contributed by atoms with E-state index in [1.54, 1.807) is 19.2 Å². The highest BCUT2D eigenvalue weighted by Gasteiger charge is 2.27. The van der Waals surface area contributed by atoms with E-state index in [9.17, 15) is 4.79 Å². The maximum Gasteiger partial charge on any atom is 0.189 e. The fourth-order valence-electron chi connectivity index (χ4n) is 2.87. The molecule has 4 nitrogen and oxygen atoms in total. The van der Waals surface area contributed by atoms with Crippen molar-refractivity contribution in [2.75, 3.05) is 13.7 Å². The molecule has 0 atom stereocenters. The molecule has 0 N–H and O–H groups in total. The van der Waals surface area contributed by atoms with Gasteiger partial charge < -0.3 is 14.0 Å². The molecule has 1 fully saturated rings. The summed E-state index contributed by atoms with van der Waals surface area (Å²) in [6.45, 7) is 4.60. The molecule has 23 heavy (non-hydrogen) atoms. The second-order valence-corrected chi connectivity index (χ2v) is 5.82. The summed E-state index contributed by atoms with van der Waals surface area (Å²) in [4.78, 5) is 12.6. The Bertz CT molecular complexity index is 800. The lowest BCUT2D eigenvalue weighted by molar-refractivity contribution is 0.311. The number of rotatable bonds is 6. The number of benzene rings is 1. The fraction of sp³-hybridized carbons (Fsp3) is 0.421. The van der Waals surface area contributed by atoms with Crippen LogP contribution in [0, 0.1) is 0 Å². The third-order valence-electron chi connectivity index (χ3n) is 4.15. The van der Waals surface area contributed by atoms with E-state index in [1.807, 2.05) is 13.0 Å². The van der Waals surface area contributed by atoms with Crippen LogP contribution in [-0.2, 0) is 0 Å². The van der Waals surface area contributed by atoms with Gasteiger partial charge in [-0.3, -0.25) is 4.79 Å². The van der Waals surface area contributed by atoms with Crippen molar-refractivity contribution in [3.63, 3.8) is 0 Å². The third kappa shape index (κ3) is 2.98. The first kappa shape index (κ1) is 15.7. The molecule has 0 radical (unpaired) electrons. The average Bonchev–Trinajstić information content (AvgIpc) is 3.38. The number of hydrogen-bond acceptors (Lipinski definition) is 3. The number of methoxy groups -OCH3 is 1. The third-order valence-corrected chi connectivity index (χ3v) is 4.15. The molecule has 1 aromatic heterocycles. The van der Waals surface area contributed by atoms with Gasteiger partial charge in [0.05, 0.1) is 19.2 Å². The van der Waals surface area contributed by atoms with Gasteiger partial charge >= 0.3 is 0 Å². The molecule has 2 aromatic rings. The minimum atomic E-state index is 0.0457. The molecule has 0 unspecified atom stereocenters. The Balaban J connectivity index is 2.31. The maximum absolute atomic E-state index is 12.6. The van der Waals surface area contributed by atoms with E-state index < -0.39 is 0 Å². The number of allylic oxidation sites excluding steroid dienone is 1. The van der Waals surface area contributed by atoms with Gasteiger partial charge in [0.25, 0.3) is 0 Å². The number of hydrogen-bond donors (Lipinski definition) is 0. The Labute approximate surface area is 136 Å². The highest BCUT2D eigenvalue weighted by Crippen LogP contribution is 2.41. The summed E-state index contributed by atoms with van der Waals surface area (Å²) in [7, 11) is 1.60. The Morgan fingerprint density at radius 1 is 1.22 bits per heavy atom. The summed E-state index contributed by atoms with van der Waals surface area (Å²) >= 11 is 0. The summed E-state index contributed by atoms with van der Waals surface area (Å²) in [6, 6.07) is 5.49. The van der Waals surface area contributed by atoms with Crippen LogP contribution in [0.25, 0.3) is 17.1 Å². The van der Waals surface area contributed by atoms with E-state index in [2.05, 4.69) is 23.8 Å². The molecule has 3 rings (SSSR count). The molecule has 122 valence electrons. The summed E-state index contributed by atoms with van der Waals surface area (Å²) in [5.41, 5.74) is 2.03. The molecule has 0 spiro atoms. The fourth-order valence-corrected chi connectivity index (χ4v) is 2.87.